The molecular weight excluding hydrogens is 258 g/mol. The normalized spacial score (nSPS) is 12.5. The maximum Gasteiger partial charge on any atom is 0.149 e. The topological polar surface area (TPSA) is 71.2 Å². The third kappa shape index (κ3) is 4.05. The van der Waals surface area contributed by atoms with Crippen LogP contribution in [0.3, 0.4) is 0 Å². The number of nitrogen functional groups attached to an aromatic ring is 1. The third-order valence-electron chi connectivity index (χ3n) is 2.01. The zero-order valence-corrected chi connectivity index (χ0v) is 10.3. The highest BCUT2D eigenvalue weighted by atomic mass is 79.9. The minimum atomic E-state index is -0.347. The summed E-state index contributed by atoms with van der Waals surface area (Å²) < 4.78 is 0.847. The Morgan fingerprint density at radius 1 is 1.67 bits per heavy atom. The van der Waals surface area contributed by atoms with Crippen molar-refractivity contribution in [3.63, 3.8) is 0 Å². The molecule has 0 aliphatic rings. The second kappa shape index (κ2) is 5.92. The fourth-order valence-electron chi connectivity index (χ4n) is 1.25. The molecule has 0 aliphatic heterocycles. The number of halogens is 1. The second-order valence-corrected chi connectivity index (χ2v) is 4.33. The molecule has 0 aliphatic carbocycles. The minimum absolute atomic E-state index is 0.347. The summed E-state index contributed by atoms with van der Waals surface area (Å²) in [5, 5.41) is 12.5. The summed E-state index contributed by atoms with van der Waals surface area (Å²) in [5.74, 6) is 0.619. The predicted octanol–water partition coefficient (Wildman–Crippen LogP) is 2.00. The first-order valence-electron chi connectivity index (χ1n) is 4.96. The summed E-state index contributed by atoms with van der Waals surface area (Å²) in [5.41, 5.74) is 6.32. The Morgan fingerprint density at radius 2 is 2.40 bits per heavy atom. The van der Waals surface area contributed by atoms with Crippen LogP contribution in [0.5, 0.6) is 0 Å². The van der Waals surface area contributed by atoms with Crippen molar-refractivity contribution in [3.8, 4) is 0 Å². The highest BCUT2D eigenvalue weighted by molar-refractivity contribution is 9.10. The Kier molecular flexibility index (Phi) is 4.84. The van der Waals surface area contributed by atoms with Crippen LogP contribution in [0.15, 0.2) is 16.7 Å². The van der Waals surface area contributed by atoms with Crippen molar-refractivity contribution < 1.29 is 5.11 Å². The van der Waals surface area contributed by atoms with E-state index in [2.05, 4.69) is 26.2 Å². The average Bonchev–Trinajstić information content (AvgIpc) is 2.17. The molecule has 0 bridgehead atoms. The lowest BCUT2D eigenvalue weighted by Crippen LogP contribution is -2.20. The van der Waals surface area contributed by atoms with Crippen molar-refractivity contribution in [2.24, 2.45) is 0 Å². The molecule has 1 aromatic heterocycles. The van der Waals surface area contributed by atoms with Crippen LogP contribution < -0.4 is 11.1 Å². The number of aliphatic hydroxyl groups excluding tert-OH is 1. The second-order valence-electron chi connectivity index (χ2n) is 3.41. The van der Waals surface area contributed by atoms with Gasteiger partial charge in [-0.25, -0.2) is 4.98 Å². The number of hydrogen-bond acceptors (Lipinski definition) is 4. The van der Waals surface area contributed by atoms with Gasteiger partial charge in [0.1, 0.15) is 5.82 Å². The molecule has 0 radical (unpaired) electrons. The van der Waals surface area contributed by atoms with E-state index in [1.165, 1.54) is 0 Å². The summed E-state index contributed by atoms with van der Waals surface area (Å²) in [6.07, 6.45) is 3.07. The Labute approximate surface area is 98.0 Å². The lowest BCUT2D eigenvalue weighted by Gasteiger charge is -2.12. The number of aromatic nitrogens is 1. The predicted molar refractivity (Wildman–Crippen MR) is 65.8 cm³/mol. The van der Waals surface area contributed by atoms with Crippen molar-refractivity contribution in [3.05, 3.63) is 16.7 Å². The average molecular weight is 274 g/mol. The molecule has 15 heavy (non-hydrogen) atoms. The van der Waals surface area contributed by atoms with Crippen LogP contribution in [0, 0.1) is 0 Å². The van der Waals surface area contributed by atoms with Crippen LogP contribution in [-0.4, -0.2) is 22.7 Å². The van der Waals surface area contributed by atoms with Gasteiger partial charge in [-0.05, 0) is 28.4 Å². The molecule has 1 unspecified atom stereocenters. The van der Waals surface area contributed by atoms with E-state index in [1.54, 1.807) is 12.3 Å². The van der Waals surface area contributed by atoms with E-state index in [0.717, 1.165) is 17.3 Å². The van der Waals surface area contributed by atoms with Gasteiger partial charge in [-0.1, -0.05) is 13.3 Å². The first-order chi connectivity index (χ1) is 7.13. The maximum atomic E-state index is 9.52. The van der Waals surface area contributed by atoms with E-state index in [1.807, 2.05) is 6.92 Å². The first kappa shape index (κ1) is 12.3. The SMILES string of the molecule is CCCC(O)CNc1ncc(Br)cc1N. The molecule has 4 N–H and O–H groups in total. The van der Waals surface area contributed by atoms with E-state index in [4.69, 9.17) is 5.73 Å². The van der Waals surface area contributed by atoms with Crippen LogP contribution in [0.25, 0.3) is 0 Å². The lowest BCUT2D eigenvalue weighted by molar-refractivity contribution is 0.176. The van der Waals surface area contributed by atoms with Crippen LogP contribution in [0.4, 0.5) is 11.5 Å². The number of nitrogens with zero attached hydrogens (tertiary/aromatic N) is 1. The zero-order valence-electron chi connectivity index (χ0n) is 8.70. The Balaban J connectivity index is 2.50. The van der Waals surface area contributed by atoms with E-state index in [9.17, 15) is 5.11 Å². The molecule has 5 heteroatoms. The number of rotatable bonds is 5. The van der Waals surface area contributed by atoms with Gasteiger partial charge in [-0.15, -0.1) is 0 Å². The molecule has 1 heterocycles. The summed E-state index contributed by atoms with van der Waals surface area (Å²) in [7, 11) is 0. The van der Waals surface area contributed by atoms with Crippen molar-refractivity contribution in [2.75, 3.05) is 17.6 Å². The highest BCUT2D eigenvalue weighted by Crippen LogP contribution is 2.19. The molecule has 1 atom stereocenters. The van der Waals surface area contributed by atoms with E-state index < -0.39 is 0 Å². The van der Waals surface area contributed by atoms with Gasteiger partial charge in [0.2, 0.25) is 0 Å². The molecule has 4 nitrogen and oxygen atoms in total. The fourth-order valence-corrected chi connectivity index (χ4v) is 1.60. The van der Waals surface area contributed by atoms with E-state index >= 15 is 0 Å². The largest absolute Gasteiger partial charge is 0.396 e. The Bertz CT molecular complexity index is 320. The molecule has 0 saturated heterocycles. The van der Waals surface area contributed by atoms with Gasteiger partial charge in [-0.3, -0.25) is 0 Å². The quantitative estimate of drug-likeness (QED) is 0.768. The van der Waals surface area contributed by atoms with Crippen molar-refractivity contribution in [1.82, 2.24) is 4.98 Å². The monoisotopic (exact) mass is 273 g/mol. The number of nitrogens with one attached hydrogen (secondary N) is 1. The van der Waals surface area contributed by atoms with Crippen molar-refractivity contribution in [2.45, 2.75) is 25.9 Å². The number of anilines is 2. The van der Waals surface area contributed by atoms with Gasteiger partial charge >= 0.3 is 0 Å². The molecule has 0 fully saturated rings. The molecule has 1 aromatic rings. The first-order valence-corrected chi connectivity index (χ1v) is 5.75. The molecule has 0 spiro atoms. The Hall–Kier alpha value is -0.810. The van der Waals surface area contributed by atoms with E-state index in [-0.39, 0.29) is 6.10 Å². The summed E-state index contributed by atoms with van der Waals surface area (Å²) >= 11 is 3.28. The lowest BCUT2D eigenvalue weighted by atomic mass is 10.2. The van der Waals surface area contributed by atoms with Gasteiger partial charge < -0.3 is 16.2 Å². The highest BCUT2D eigenvalue weighted by Gasteiger charge is 2.05. The van der Waals surface area contributed by atoms with Crippen LogP contribution >= 0.6 is 15.9 Å². The standard InChI is InChI=1S/C10H16BrN3O/c1-2-3-8(15)6-14-10-9(12)4-7(11)5-13-10/h4-5,8,15H,2-3,6,12H2,1H3,(H,13,14). The number of pyridine rings is 1. The summed E-state index contributed by atoms with van der Waals surface area (Å²) in [6, 6.07) is 1.78. The van der Waals surface area contributed by atoms with Gasteiger partial charge in [-0.2, -0.15) is 0 Å². The smallest absolute Gasteiger partial charge is 0.149 e. The number of hydrogen-bond donors (Lipinski definition) is 3. The van der Waals surface area contributed by atoms with Gasteiger partial charge in [0.05, 0.1) is 11.8 Å². The minimum Gasteiger partial charge on any atom is -0.396 e. The number of aliphatic hydroxyl groups is 1. The Morgan fingerprint density at radius 3 is 3.00 bits per heavy atom. The van der Waals surface area contributed by atoms with Gasteiger partial charge in [0, 0.05) is 17.2 Å². The van der Waals surface area contributed by atoms with Crippen molar-refractivity contribution in [1.29, 1.82) is 0 Å². The van der Waals surface area contributed by atoms with Crippen LogP contribution in [0.1, 0.15) is 19.8 Å². The fraction of sp³-hybridized carbons (Fsp3) is 0.500. The molecule has 84 valence electrons. The molecular formula is C10H16BrN3O. The maximum absolute atomic E-state index is 9.52. The summed E-state index contributed by atoms with van der Waals surface area (Å²) in [6.45, 7) is 2.52. The van der Waals surface area contributed by atoms with E-state index in [0.29, 0.717) is 18.1 Å². The molecule has 1 rings (SSSR count). The van der Waals surface area contributed by atoms with Gasteiger partial charge in [0.15, 0.2) is 0 Å². The molecule has 0 aromatic carbocycles. The number of nitrogens with two attached hydrogens (primary N) is 1. The van der Waals surface area contributed by atoms with Crippen LogP contribution in [0.2, 0.25) is 0 Å². The van der Waals surface area contributed by atoms with Crippen LogP contribution in [-0.2, 0) is 0 Å². The zero-order chi connectivity index (χ0) is 11.3. The van der Waals surface area contributed by atoms with Gasteiger partial charge in [0.25, 0.3) is 0 Å². The van der Waals surface area contributed by atoms with Crippen molar-refractivity contribution >= 4 is 27.4 Å². The summed E-state index contributed by atoms with van der Waals surface area (Å²) in [4.78, 5) is 4.12. The molecule has 0 saturated carbocycles. The third-order valence-corrected chi connectivity index (χ3v) is 2.44. The molecule has 0 amide bonds.